The van der Waals surface area contributed by atoms with Crippen molar-refractivity contribution in [3.05, 3.63) is 24.3 Å². The molecule has 0 aromatic heterocycles. The number of ether oxygens (including phenoxy) is 2. The molecule has 1 aliphatic heterocycles. The molecule has 9 heteroatoms. The van der Waals surface area contributed by atoms with Gasteiger partial charge in [0.05, 0.1) is 7.11 Å². The summed E-state index contributed by atoms with van der Waals surface area (Å²) in [6.07, 6.45) is 0. The summed E-state index contributed by atoms with van der Waals surface area (Å²) in [5, 5.41) is 0. The lowest BCUT2D eigenvalue weighted by atomic mass is 10.3. The normalized spacial score (nSPS) is 14.1. The summed E-state index contributed by atoms with van der Waals surface area (Å²) < 4.78 is 10.5. The van der Waals surface area contributed by atoms with Crippen molar-refractivity contribution in [2.24, 2.45) is 5.84 Å². The molecule has 3 amide bonds. The topological polar surface area (TPSA) is 114 Å². The lowest BCUT2D eigenvalue weighted by molar-refractivity contribution is -0.148. The molecule has 1 fully saturated rings. The van der Waals surface area contributed by atoms with Gasteiger partial charge in [0.15, 0.2) is 6.61 Å². The van der Waals surface area contributed by atoms with Crippen LogP contribution >= 0.6 is 0 Å². The molecule has 1 saturated heterocycles. The van der Waals surface area contributed by atoms with Gasteiger partial charge in [-0.1, -0.05) is 6.07 Å². The van der Waals surface area contributed by atoms with Crippen LogP contribution in [0.2, 0.25) is 0 Å². The second-order valence-electron chi connectivity index (χ2n) is 5.11. The Bertz CT molecular complexity index is 614. The van der Waals surface area contributed by atoms with Gasteiger partial charge in [0.25, 0.3) is 5.91 Å². The first-order valence-corrected chi connectivity index (χ1v) is 7.39. The number of nitrogens with zero attached hydrogens (tertiary/aromatic N) is 2. The summed E-state index contributed by atoms with van der Waals surface area (Å²) in [5.41, 5.74) is 1.80. The number of amides is 3. The minimum atomic E-state index is -0.865. The minimum Gasteiger partial charge on any atom is -0.497 e. The largest absolute Gasteiger partial charge is 0.497 e. The van der Waals surface area contributed by atoms with Crippen LogP contribution in [0.1, 0.15) is 0 Å². The number of methoxy groups -OCH3 is 1. The highest BCUT2D eigenvalue weighted by molar-refractivity contribution is 6.34. The van der Waals surface area contributed by atoms with Gasteiger partial charge in [0.2, 0.25) is 0 Å². The van der Waals surface area contributed by atoms with Crippen molar-refractivity contribution in [1.82, 2.24) is 15.2 Å². The van der Waals surface area contributed by atoms with Crippen molar-refractivity contribution >= 4 is 17.7 Å². The van der Waals surface area contributed by atoms with E-state index in [0.29, 0.717) is 24.6 Å². The van der Waals surface area contributed by atoms with E-state index < -0.39 is 11.8 Å². The number of nitrogens with two attached hydrogens (primary N) is 1. The predicted molar refractivity (Wildman–Crippen MR) is 84.0 cm³/mol. The Hall–Kier alpha value is -2.81. The number of hydrogen-bond acceptors (Lipinski definition) is 6. The van der Waals surface area contributed by atoms with Gasteiger partial charge >= 0.3 is 11.8 Å². The van der Waals surface area contributed by atoms with E-state index in [1.54, 1.807) is 41.7 Å². The van der Waals surface area contributed by atoms with Crippen molar-refractivity contribution in [1.29, 1.82) is 0 Å². The zero-order valence-corrected chi connectivity index (χ0v) is 13.4. The molecule has 0 aliphatic carbocycles. The molecule has 130 valence electrons. The molecule has 3 N–H and O–H groups in total. The first kappa shape index (κ1) is 17.5. The molecule has 0 saturated carbocycles. The Kier molecular flexibility index (Phi) is 5.96. The average Bonchev–Trinajstić information content (AvgIpc) is 2.65. The van der Waals surface area contributed by atoms with Crippen LogP contribution in [-0.4, -0.2) is 67.4 Å². The van der Waals surface area contributed by atoms with E-state index >= 15 is 0 Å². The summed E-state index contributed by atoms with van der Waals surface area (Å²) in [4.78, 5) is 38.0. The van der Waals surface area contributed by atoms with Crippen molar-refractivity contribution in [3.8, 4) is 11.5 Å². The monoisotopic (exact) mass is 336 g/mol. The van der Waals surface area contributed by atoms with Crippen LogP contribution in [0.3, 0.4) is 0 Å². The molecule has 1 heterocycles. The molecule has 2 rings (SSSR count). The summed E-state index contributed by atoms with van der Waals surface area (Å²) in [6, 6.07) is 6.97. The van der Waals surface area contributed by atoms with Gasteiger partial charge in [-0.2, -0.15) is 0 Å². The quantitative estimate of drug-likeness (QED) is 0.307. The van der Waals surface area contributed by atoms with Crippen LogP contribution in [-0.2, 0) is 14.4 Å². The Morgan fingerprint density at radius 3 is 2.38 bits per heavy atom. The van der Waals surface area contributed by atoms with Gasteiger partial charge in [-0.3, -0.25) is 19.8 Å². The van der Waals surface area contributed by atoms with E-state index in [0.717, 1.165) is 0 Å². The lowest BCUT2D eigenvalue weighted by Gasteiger charge is -2.34. The maximum Gasteiger partial charge on any atom is 0.323 e. The maximum absolute atomic E-state index is 12.2. The van der Waals surface area contributed by atoms with Gasteiger partial charge in [-0.05, 0) is 12.1 Å². The fourth-order valence-corrected chi connectivity index (χ4v) is 2.29. The molecule has 0 atom stereocenters. The van der Waals surface area contributed by atoms with Crippen molar-refractivity contribution in [2.45, 2.75) is 0 Å². The Morgan fingerprint density at radius 2 is 1.75 bits per heavy atom. The summed E-state index contributed by atoms with van der Waals surface area (Å²) in [6.45, 7) is 1.12. The van der Waals surface area contributed by atoms with Crippen molar-refractivity contribution in [3.63, 3.8) is 0 Å². The van der Waals surface area contributed by atoms with Crippen LogP contribution in [0.5, 0.6) is 11.5 Å². The average molecular weight is 336 g/mol. The highest BCUT2D eigenvalue weighted by Gasteiger charge is 2.27. The predicted octanol–water partition coefficient (Wildman–Crippen LogP) is -1.27. The lowest BCUT2D eigenvalue weighted by Crippen LogP contribution is -2.55. The number of rotatable bonds is 4. The first-order valence-electron chi connectivity index (χ1n) is 7.39. The summed E-state index contributed by atoms with van der Waals surface area (Å²) in [5.74, 6) is 4.37. The molecule has 0 radical (unpaired) electrons. The maximum atomic E-state index is 12.2. The molecule has 0 spiro atoms. The summed E-state index contributed by atoms with van der Waals surface area (Å²) >= 11 is 0. The van der Waals surface area contributed by atoms with Gasteiger partial charge < -0.3 is 19.3 Å². The smallest absolute Gasteiger partial charge is 0.323 e. The van der Waals surface area contributed by atoms with Crippen LogP contribution in [0.25, 0.3) is 0 Å². The number of piperazine rings is 1. The van der Waals surface area contributed by atoms with E-state index in [-0.39, 0.29) is 25.6 Å². The second kappa shape index (κ2) is 8.16. The van der Waals surface area contributed by atoms with E-state index in [1.807, 2.05) is 0 Å². The van der Waals surface area contributed by atoms with Crippen LogP contribution < -0.4 is 20.7 Å². The first-order chi connectivity index (χ1) is 11.5. The molecule has 0 bridgehead atoms. The number of benzene rings is 1. The fourth-order valence-electron chi connectivity index (χ4n) is 2.29. The molecule has 1 aromatic carbocycles. The highest BCUT2D eigenvalue weighted by Crippen LogP contribution is 2.18. The van der Waals surface area contributed by atoms with E-state index in [2.05, 4.69) is 0 Å². The van der Waals surface area contributed by atoms with Gasteiger partial charge in [0, 0.05) is 32.2 Å². The zero-order valence-electron chi connectivity index (χ0n) is 13.4. The van der Waals surface area contributed by atoms with Gasteiger partial charge in [-0.25, -0.2) is 5.84 Å². The van der Waals surface area contributed by atoms with Crippen LogP contribution in [0.4, 0.5) is 0 Å². The molecule has 0 unspecified atom stereocenters. The molecule has 9 nitrogen and oxygen atoms in total. The molecule has 1 aliphatic rings. The zero-order chi connectivity index (χ0) is 17.5. The Labute approximate surface area is 139 Å². The second-order valence-corrected chi connectivity index (χ2v) is 5.11. The van der Waals surface area contributed by atoms with Crippen molar-refractivity contribution < 1.29 is 23.9 Å². The number of carbonyl (C=O) groups is 3. The van der Waals surface area contributed by atoms with Crippen LogP contribution in [0, 0.1) is 0 Å². The number of nitrogens with one attached hydrogen (secondary N) is 1. The third-order valence-corrected chi connectivity index (χ3v) is 3.65. The van der Waals surface area contributed by atoms with Crippen molar-refractivity contribution in [2.75, 3.05) is 39.9 Å². The van der Waals surface area contributed by atoms with Gasteiger partial charge in [-0.15, -0.1) is 0 Å². The Morgan fingerprint density at radius 1 is 1.12 bits per heavy atom. The fraction of sp³-hybridized carbons (Fsp3) is 0.400. The minimum absolute atomic E-state index is 0.107. The number of carbonyl (C=O) groups excluding carboxylic acids is 3. The molecule has 1 aromatic rings. The molecular weight excluding hydrogens is 316 g/mol. The van der Waals surface area contributed by atoms with E-state index in [4.69, 9.17) is 15.3 Å². The summed E-state index contributed by atoms with van der Waals surface area (Å²) in [7, 11) is 1.55. The highest BCUT2D eigenvalue weighted by atomic mass is 16.5. The van der Waals surface area contributed by atoms with Crippen LogP contribution in [0.15, 0.2) is 24.3 Å². The van der Waals surface area contributed by atoms with Gasteiger partial charge in [0.1, 0.15) is 11.5 Å². The molecule has 24 heavy (non-hydrogen) atoms. The number of hydrazine groups is 1. The Balaban J connectivity index is 1.80. The third-order valence-electron chi connectivity index (χ3n) is 3.65. The SMILES string of the molecule is COc1cccc(OCC(=O)N2CCN(C(=O)C(=O)NN)CC2)c1. The number of hydrogen-bond donors (Lipinski definition) is 2. The van der Waals surface area contributed by atoms with E-state index in [9.17, 15) is 14.4 Å². The molecular formula is C15H20N4O5. The standard InChI is InChI=1S/C15H20N4O5/c1-23-11-3-2-4-12(9-11)24-10-13(20)18-5-7-19(8-6-18)15(22)14(21)17-16/h2-4,9H,5-8,10,16H2,1H3,(H,17,21). The third kappa shape index (κ3) is 4.35. The van der Waals surface area contributed by atoms with E-state index in [1.165, 1.54) is 4.90 Å².